The second-order valence-corrected chi connectivity index (χ2v) is 5.80. The van der Waals surface area contributed by atoms with E-state index < -0.39 is 16.0 Å². The van der Waals surface area contributed by atoms with Crippen molar-refractivity contribution < 1.29 is 23.1 Å². The van der Waals surface area contributed by atoms with Gasteiger partial charge in [0.2, 0.25) is 0 Å². The maximum absolute atomic E-state index is 12.2. The van der Waals surface area contributed by atoms with E-state index in [0.717, 1.165) is 0 Å². The van der Waals surface area contributed by atoms with Gasteiger partial charge in [0.15, 0.2) is 0 Å². The number of methoxy groups -OCH3 is 1. The molecule has 0 amide bonds. The van der Waals surface area contributed by atoms with E-state index in [0.29, 0.717) is 5.75 Å². The molecule has 0 aliphatic rings. The lowest BCUT2D eigenvalue weighted by Gasteiger charge is -2.13. The number of carbonyl (C=O) groups is 1. The molecule has 0 bridgehead atoms. The Morgan fingerprint density at radius 3 is 2.29 bits per heavy atom. The van der Waals surface area contributed by atoms with Crippen molar-refractivity contribution in [3.63, 3.8) is 0 Å². The fourth-order valence-corrected chi connectivity index (χ4v) is 2.79. The molecule has 0 unspecified atom stereocenters. The maximum atomic E-state index is 12.2. The lowest BCUT2D eigenvalue weighted by Crippen LogP contribution is -2.24. The number of nitrogens with one attached hydrogen (secondary N) is 1. The predicted molar refractivity (Wildman–Crippen MR) is 74.6 cm³/mol. The summed E-state index contributed by atoms with van der Waals surface area (Å²) >= 11 is 0. The van der Waals surface area contributed by atoms with Crippen LogP contribution >= 0.6 is 0 Å². The summed E-state index contributed by atoms with van der Waals surface area (Å²) in [7, 11) is -2.42. The number of anilines is 1. The van der Waals surface area contributed by atoms with Crippen molar-refractivity contribution in [2.24, 2.45) is 0 Å². The van der Waals surface area contributed by atoms with Gasteiger partial charge in [0.25, 0.3) is 10.0 Å². The molecule has 0 saturated carbocycles. The monoisotopic (exact) mass is 306 g/mol. The van der Waals surface area contributed by atoms with E-state index in [1.165, 1.54) is 55.6 Å². The Hall–Kier alpha value is -2.54. The van der Waals surface area contributed by atoms with Crippen LogP contribution in [0.2, 0.25) is 0 Å². The van der Waals surface area contributed by atoms with Gasteiger partial charge >= 0.3 is 0 Å². The van der Waals surface area contributed by atoms with Crippen LogP contribution in [-0.4, -0.2) is 21.5 Å². The first-order valence-corrected chi connectivity index (χ1v) is 7.39. The molecule has 7 heteroatoms. The molecule has 0 fully saturated rings. The maximum Gasteiger partial charge on any atom is 0.261 e. The van der Waals surface area contributed by atoms with Crippen LogP contribution in [0, 0.1) is 0 Å². The second kappa shape index (κ2) is 5.84. The molecule has 2 aromatic rings. The number of rotatable bonds is 5. The van der Waals surface area contributed by atoms with Gasteiger partial charge < -0.3 is 14.6 Å². The highest BCUT2D eigenvalue weighted by Gasteiger charge is 2.16. The zero-order chi connectivity index (χ0) is 15.5. The Kier molecular flexibility index (Phi) is 4.13. The third kappa shape index (κ3) is 3.32. The Balaban J connectivity index is 2.35. The van der Waals surface area contributed by atoms with Gasteiger partial charge in [-0.15, -0.1) is 0 Å². The topological polar surface area (TPSA) is 95.5 Å². The standard InChI is InChI=1S/C14H13NO5S/c1-20-10-6-8-11(9-7-10)21(18,19)15-13-5-3-2-4-12(13)14(16)17/h2-9,15H,1H3,(H,16,17)/p-1. The number of sulfonamides is 1. The molecule has 0 aromatic heterocycles. The zero-order valence-electron chi connectivity index (χ0n) is 11.1. The van der Waals surface area contributed by atoms with Crippen molar-refractivity contribution in [1.29, 1.82) is 0 Å². The number of para-hydroxylation sites is 1. The summed E-state index contributed by atoms with van der Waals surface area (Å²) < 4.78 is 31.6. The highest BCUT2D eigenvalue weighted by atomic mass is 32.2. The molecule has 0 spiro atoms. The summed E-state index contributed by atoms with van der Waals surface area (Å²) in [6, 6.07) is 11.4. The zero-order valence-corrected chi connectivity index (χ0v) is 11.9. The van der Waals surface area contributed by atoms with Gasteiger partial charge in [-0.1, -0.05) is 18.2 Å². The van der Waals surface area contributed by atoms with E-state index >= 15 is 0 Å². The van der Waals surface area contributed by atoms with Crippen molar-refractivity contribution >= 4 is 21.7 Å². The summed E-state index contributed by atoms with van der Waals surface area (Å²) in [4.78, 5) is 11.0. The van der Waals surface area contributed by atoms with Gasteiger partial charge in [-0.2, -0.15) is 0 Å². The number of aromatic carboxylic acids is 1. The van der Waals surface area contributed by atoms with Crippen molar-refractivity contribution in [2.75, 3.05) is 11.8 Å². The minimum absolute atomic E-state index is 0.00329. The van der Waals surface area contributed by atoms with Crippen molar-refractivity contribution in [3.8, 4) is 5.75 Å². The minimum atomic E-state index is -3.89. The molecule has 0 aliphatic heterocycles. The molecular weight excluding hydrogens is 294 g/mol. The fourth-order valence-electron chi connectivity index (χ4n) is 1.71. The molecule has 0 aliphatic carbocycles. The average Bonchev–Trinajstić information content (AvgIpc) is 2.47. The highest BCUT2D eigenvalue weighted by molar-refractivity contribution is 7.92. The van der Waals surface area contributed by atoms with Crippen LogP contribution in [0.4, 0.5) is 5.69 Å². The van der Waals surface area contributed by atoms with Crippen molar-refractivity contribution in [2.45, 2.75) is 4.90 Å². The van der Waals surface area contributed by atoms with Crippen LogP contribution in [0.3, 0.4) is 0 Å². The smallest absolute Gasteiger partial charge is 0.261 e. The molecule has 110 valence electrons. The van der Waals surface area contributed by atoms with Gasteiger partial charge in [0, 0.05) is 5.56 Å². The second-order valence-electron chi connectivity index (χ2n) is 4.11. The van der Waals surface area contributed by atoms with E-state index in [9.17, 15) is 18.3 Å². The number of carbonyl (C=O) groups excluding carboxylic acids is 1. The third-order valence-electron chi connectivity index (χ3n) is 2.76. The van der Waals surface area contributed by atoms with E-state index in [-0.39, 0.29) is 16.1 Å². The fraction of sp³-hybridized carbons (Fsp3) is 0.0714. The minimum Gasteiger partial charge on any atom is -0.545 e. The number of hydrogen-bond donors (Lipinski definition) is 1. The summed E-state index contributed by atoms with van der Waals surface area (Å²) in [5, 5.41) is 11.0. The number of benzene rings is 2. The molecule has 21 heavy (non-hydrogen) atoms. The van der Waals surface area contributed by atoms with Gasteiger partial charge in [-0.25, -0.2) is 8.42 Å². The summed E-state index contributed by atoms with van der Waals surface area (Å²) in [5.74, 6) is -0.938. The average molecular weight is 306 g/mol. The number of hydrogen-bond acceptors (Lipinski definition) is 5. The van der Waals surface area contributed by atoms with Crippen LogP contribution < -0.4 is 14.6 Å². The van der Waals surface area contributed by atoms with Crippen molar-refractivity contribution in [1.82, 2.24) is 0 Å². The van der Waals surface area contributed by atoms with Crippen LogP contribution in [0.1, 0.15) is 10.4 Å². The van der Waals surface area contributed by atoms with Crippen LogP contribution in [0.15, 0.2) is 53.4 Å². The van der Waals surface area contributed by atoms with Gasteiger partial charge in [0.1, 0.15) is 5.75 Å². The Bertz CT molecular complexity index is 753. The molecule has 0 atom stereocenters. The summed E-state index contributed by atoms with van der Waals surface area (Å²) in [5.41, 5.74) is -0.275. The first kappa shape index (κ1) is 14.9. The molecule has 0 heterocycles. The predicted octanol–water partition coefficient (Wildman–Crippen LogP) is 0.859. The molecule has 0 saturated heterocycles. The number of carboxylic acids is 1. The molecular formula is C14H12NO5S-. The Morgan fingerprint density at radius 1 is 1.10 bits per heavy atom. The summed E-state index contributed by atoms with van der Waals surface area (Å²) in [6.07, 6.45) is 0. The quantitative estimate of drug-likeness (QED) is 0.884. The normalized spacial score (nSPS) is 10.9. The van der Waals surface area contributed by atoms with E-state index in [1.807, 2.05) is 0 Å². The largest absolute Gasteiger partial charge is 0.545 e. The van der Waals surface area contributed by atoms with E-state index in [2.05, 4.69) is 4.72 Å². The third-order valence-corrected chi connectivity index (χ3v) is 4.14. The van der Waals surface area contributed by atoms with Crippen LogP contribution in [0.25, 0.3) is 0 Å². The molecule has 2 rings (SSSR count). The first-order valence-electron chi connectivity index (χ1n) is 5.91. The SMILES string of the molecule is COc1ccc(S(=O)(=O)Nc2ccccc2C(=O)[O-])cc1. The molecule has 1 N–H and O–H groups in total. The van der Waals surface area contributed by atoms with Gasteiger partial charge in [-0.3, -0.25) is 4.72 Å². The van der Waals surface area contributed by atoms with Crippen LogP contribution in [-0.2, 0) is 10.0 Å². The van der Waals surface area contributed by atoms with Gasteiger partial charge in [0.05, 0.1) is 23.7 Å². The lowest BCUT2D eigenvalue weighted by molar-refractivity contribution is -0.254. The molecule has 2 aromatic carbocycles. The number of carboxylic acid groups (broad SMARTS) is 1. The Labute approximate surface area is 122 Å². The van der Waals surface area contributed by atoms with Crippen molar-refractivity contribution in [3.05, 3.63) is 54.1 Å². The van der Waals surface area contributed by atoms with E-state index in [4.69, 9.17) is 4.74 Å². The van der Waals surface area contributed by atoms with E-state index in [1.54, 1.807) is 0 Å². The number of ether oxygens (including phenoxy) is 1. The lowest BCUT2D eigenvalue weighted by atomic mass is 10.2. The summed E-state index contributed by atoms with van der Waals surface area (Å²) in [6.45, 7) is 0. The Morgan fingerprint density at radius 2 is 1.71 bits per heavy atom. The first-order chi connectivity index (χ1) is 9.94. The highest BCUT2D eigenvalue weighted by Crippen LogP contribution is 2.21. The molecule has 6 nitrogen and oxygen atoms in total. The van der Waals surface area contributed by atoms with Crippen LogP contribution in [0.5, 0.6) is 5.75 Å². The van der Waals surface area contributed by atoms with Gasteiger partial charge in [-0.05, 0) is 30.3 Å². The molecule has 0 radical (unpaired) electrons.